The Morgan fingerprint density at radius 2 is 1.94 bits per heavy atom. The van der Waals surface area contributed by atoms with Gasteiger partial charge in [-0.1, -0.05) is 6.42 Å². The molecule has 1 fully saturated rings. The summed E-state index contributed by atoms with van der Waals surface area (Å²) in [5.41, 5.74) is -0.120. The lowest BCUT2D eigenvalue weighted by Crippen LogP contribution is -2.31. The van der Waals surface area contributed by atoms with Crippen LogP contribution in [0, 0.1) is 28.9 Å². The Bertz CT molecular complexity index is 438. The highest BCUT2D eigenvalue weighted by Crippen LogP contribution is 2.32. The van der Waals surface area contributed by atoms with E-state index in [2.05, 4.69) is 5.32 Å². The van der Waals surface area contributed by atoms with E-state index in [9.17, 15) is 8.78 Å². The number of hydrogen-bond donors (Lipinski definition) is 1. The quantitative estimate of drug-likeness (QED) is 0.872. The zero-order valence-electron chi connectivity index (χ0n) is 9.63. The highest BCUT2D eigenvalue weighted by atomic mass is 19.1. The van der Waals surface area contributed by atoms with Gasteiger partial charge in [-0.15, -0.1) is 0 Å². The second kappa shape index (κ2) is 4.70. The van der Waals surface area contributed by atoms with Crippen molar-refractivity contribution in [3.05, 3.63) is 29.3 Å². The standard InChI is InChI=1S/C13H14F2N2/c1-8(10-3-2-4-10)17-13-11(14)5-9(7-16)6-12(13)15/h5-6,8,10,17H,2-4H2,1H3. The smallest absolute Gasteiger partial charge is 0.150 e. The molecule has 1 aliphatic carbocycles. The van der Waals surface area contributed by atoms with Crippen LogP contribution in [-0.2, 0) is 0 Å². The third kappa shape index (κ3) is 2.38. The summed E-state index contributed by atoms with van der Waals surface area (Å²) in [6, 6.07) is 3.89. The van der Waals surface area contributed by atoms with Gasteiger partial charge in [0.15, 0.2) is 11.6 Å². The molecule has 90 valence electrons. The summed E-state index contributed by atoms with van der Waals surface area (Å²) in [6.07, 6.45) is 3.40. The minimum Gasteiger partial charge on any atom is -0.378 e. The lowest BCUT2D eigenvalue weighted by molar-refractivity contribution is 0.284. The first-order valence-corrected chi connectivity index (χ1v) is 5.77. The monoisotopic (exact) mass is 236 g/mol. The molecule has 0 amide bonds. The fourth-order valence-corrected chi connectivity index (χ4v) is 2.06. The van der Waals surface area contributed by atoms with Gasteiger partial charge >= 0.3 is 0 Å². The summed E-state index contributed by atoms with van der Waals surface area (Å²) < 4.78 is 27.2. The van der Waals surface area contributed by atoms with E-state index < -0.39 is 11.6 Å². The van der Waals surface area contributed by atoms with Gasteiger partial charge < -0.3 is 5.32 Å². The topological polar surface area (TPSA) is 35.8 Å². The fraction of sp³-hybridized carbons (Fsp3) is 0.462. The number of nitriles is 1. The SMILES string of the molecule is CC(Nc1c(F)cc(C#N)cc1F)C1CCC1. The van der Waals surface area contributed by atoms with Crippen LogP contribution in [0.1, 0.15) is 31.7 Å². The van der Waals surface area contributed by atoms with Gasteiger partial charge in [0.2, 0.25) is 0 Å². The lowest BCUT2D eigenvalue weighted by Gasteiger charge is -2.32. The van der Waals surface area contributed by atoms with Crippen molar-refractivity contribution in [3.63, 3.8) is 0 Å². The van der Waals surface area contributed by atoms with E-state index in [1.807, 2.05) is 6.92 Å². The third-order valence-electron chi connectivity index (χ3n) is 3.40. The van der Waals surface area contributed by atoms with Crippen molar-refractivity contribution in [2.45, 2.75) is 32.2 Å². The van der Waals surface area contributed by atoms with Crippen molar-refractivity contribution < 1.29 is 8.78 Å². The molecule has 0 radical (unpaired) electrons. The van der Waals surface area contributed by atoms with E-state index in [-0.39, 0.29) is 17.3 Å². The van der Waals surface area contributed by atoms with E-state index in [0.717, 1.165) is 25.0 Å². The summed E-state index contributed by atoms with van der Waals surface area (Å²) in [4.78, 5) is 0. The fourth-order valence-electron chi connectivity index (χ4n) is 2.06. The van der Waals surface area contributed by atoms with E-state index in [0.29, 0.717) is 5.92 Å². The van der Waals surface area contributed by atoms with Crippen LogP contribution in [-0.4, -0.2) is 6.04 Å². The normalized spacial score (nSPS) is 17.1. The lowest BCUT2D eigenvalue weighted by atomic mass is 9.80. The van der Waals surface area contributed by atoms with Crippen LogP contribution in [0.3, 0.4) is 0 Å². The number of nitrogens with one attached hydrogen (secondary N) is 1. The Morgan fingerprint density at radius 3 is 2.35 bits per heavy atom. The van der Waals surface area contributed by atoms with Gasteiger partial charge in [-0.25, -0.2) is 8.78 Å². The highest BCUT2D eigenvalue weighted by molar-refractivity contribution is 5.51. The van der Waals surface area contributed by atoms with Crippen molar-refractivity contribution in [2.24, 2.45) is 5.92 Å². The average molecular weight is 236 g/mol. The number of anilines is 1. The van der Waals surface area contributed by atoms with E-state index >= 15 is 0 Å². The Labute approximate surface area is 99.3 Å². The Balaban J connectivity index is 2.18. The van der Waals surface area contributed by atoms with Crippen LogP contribution in [0.2, 0.25) is 0 Å². The molecule has 0 saturated heterocycles. The molecule has 2 rings (SSSR count). The summed E-state index contributed by atoms with van der Waals surface area (Å²) in [6.45, 7) is 1.93. The van der Waals surface area contributed by atoms with Crippen LogP contribution in [0.4, 0.5) is 14.5 Å². The molecule has 1 saturated carbocycles. The minimum atomic E-state index is -0.701. The largest absolute Gasteiger partial charge is 0.378 e. The molecular weight excluding hydrogens is 222 g/mol. The maximum Gasteiger partial charge on any atom is 0.150 e. The van der Waals surface area contributed by atoms with Crippen molar-refractivity contribution in [2.75, 3.05) is 5.32 Å². The predicted octanol–water partition coefficient (Wildman–Crippen LogP) is 3.44. The Kier molecular flexibility index (Phi) is 3.28. The molecule has 0 aliphatic heterocycles. The minimum absolute atomic E-state index is 0.00171. The van der Waals surface area contributed by atoms with Crippen molar-refractivity contribution in [3.8, 4) is 6.07 Å². The summed E-state index contributed by atoms with van der Waals surface area (Å²) in [5, 5.41) is 11.5. The van der Waals surface area contributed by atoms with E-state index in [4.69, 9.17) is 5.26 Å². The number of nitrogens with zero attached hydrogens (tertiary/aromatic N) is 1. The first-order chi connectivity index (χ1) is 8.11. The number of benzene rings is 1. The Hall–Kier alpha value is -1.63. The maximum atomic E-state index is 13.6. The van der Waals surface area contributed by atoms with Crippen LogP contribution < -0.4 is 5.32 Å². The summed E-state index contributed by atoms with van der Waals surface area (Å²) >= 11 is 0. The summed E-state index contributed by atoms with van der Waals surface area (Å²) in [5.74, 6) is -0.912. The van der Waals surface area contributed by atoms with Gasteiger partial charge in [0, 0.05) is 6.04 Å². The molecule has 2 nitrogen and oxygen atoms in total. The first kappa shape index (κ1) is 11.8. The number of halogens is 2. The zero-order chi connectivity index (χ0) is 12.4. The van der Waals surface area contributed by atoms with Gasteiger partial charge in [0.1, 0.15) is 5.69 Å². The van der Waals surface area contributed by atoms with Crippen molar-refractivity contribution >= 4 is 5.69 Å². The van der Waals surface area contributed by atoms with Gasteiger partial charge in [0.25, 0.3) is 0 Å². The molecule has 0 heterocycles. The van der Waals surface area contributed by atoms with Crippen LogP contribution >= 0.6 is 0 Å². The van der Waals surface area contributed by atoms with Gasteiger partial charge in [0.05, 0.1) is 11.6 Å². The van der Waals surface area contributed by atoms with E-state index in [1.165, 1.54) is 6.42 Å². The average Bonchev–Trinajstić information content (AvgIpc) is 2.20. The molecule has 1 unspecified atom stereocenters. The third-order valence-corrected chi connectivity index (χ3v) is 3.40. The van der Waals surface area contributed by atoms with Crippen LogP contribution in [0.5, 0.6) is 0 Å². The first-order valence-electron chi connectivity index (χ1n) is 5.77. The Morgan fingerprint density at radius 1 is 1.35 bits per heavy atom. The van der Waals surface area contributed by atoms with E-state index in [1.54, 1.807) is 6.07 Å². The summed E-state index contributed by atoms with van der Waals surface area (Å²) in [7, 11) is 0. The molecule has 1 aromatic rings. The maximum absolute atomic E-state index is 13.6. The second-order valence-corrected chi connectivity index (χ2v) is 4.55. The molecule has 0 aromatic heterocycles. The predicted molar refractivity (Wildman–Crippen MR) is 61.5 cm³/mol. The van der Waals surface area contributed by atoms with Gasteiger partial charge in [-0.05, 0) is 37.8 Å². The molecule has 17 heavy (non-hydrogen) atoms. The van der Waals surface area contributed by atoms with Crippen LogP contribution in [0.25, 0.3) is 0 Å². The van der Waals surface area contributed by atoms with Gasteiger partial charge in [-0.2, -0.15) is 5.26 Å². The molecule has 1 aromatic carbocycles. The zero-order valence-corrected chi connectivity index (χ0v) is 9.63. The number of rotatable bonds is 3. The second-order valence-electron chi connectivity index (χ2n) is 4.55. The molecule has 4 heteroatoms. The van der Waals surface area contributed by atoms with Gasteiger partial charge in [-0.3, -0.25) is 0 Å². The molecule has 0 spiro atoms. The molecular formula is C13H14F2N2. The molecule has 0 bridgehead atoms. The molecule has 1 aliphatic rings. The highest BCUT2D eigenvalue weighted by Gasteiger charge is 2.25. The van der Waals surface area contributed by atoms with Crippen molar-refractivity contribution in [1.29, 1.82) is 5.26 Å². The molecule has 1 atom stereocenters. The number of hydrogen-bond acceptors (Lipinski definition) is 2. The van der Waals surface area contributed by atoms with Crippen molar-refractivity contribution in [1.82, 2.24) is 0 Å². The molecule has 1 N–H and O–H groups in total. The van der Waals surface area contributed by atoms with Crippen LogP contribution in [0.15, 0.2) is 12.1 Å².